The minimum Gasteiger partial charge on any atom is -0.480 e. The SMILES string of the molecule is COCCC(Nc1ccc(Br)cc1C#N)C(=O)O. The molecule has 0 aliphatic rings. The number of carbonyl (C=O) groups is 1. The van der Waals surface area contributed by atoms with Crippen LogP contribution in [0.5, 0.6) is 0 Å². The normalized spacial score (nSPS) is 11.6. The summed E-state index contributed by atoms with van der Waals surface area (Å²) in [6, 6.07) is 6.30. The van der Waals surface area contributed by atoms with Gasteiger partial charge in [0.05, 0.1) is 11.3 Å². The van der Waals surface area contributed by atoms with Gasteiger partial charge in [-0.25, -0.2) is 4.79 Å². The summed E-state index contributed by atoms with van der Waals surface area (Å²) in [4.78, 5) is 11.1. The van der Waals surface area contributed by atoms with E-state index in [0.717, 1.165) is 4.47 Å². The predicted octanol–water partition coefficient (Wildman–Crippen LogP) is 2.22. The van der Waals surface area contributed by atoms with Crippen LogP contribution in [-0.4, -0.2) is 30.8 Å². The number of hydrogen-bond donors (Lipinski definition) is 2. The zero-order valence-electron chi connectivity index (χ0n) is 9.81. The maximum Gasteiger partial charge on any atom is 0.326 e. The van der Waals surface area contributed by atoms with Crippen LogP contribution >= 0.6 is 15.9 Å². The van der Waals surface area contributed by atoms with Crippen molar-refractivity contribution in [3.8, 4) is 6.07 Å². The highest BCUT2D eigenvalue weighted by Gasteiger charge is 2.18. The number of aliphatic carboxylic acids is 1. The molecule has 5 nitrogen and oxygen atoms in total. The molecular weight excluding hydrogens is 300 g/mol. The van der Waals surface area contributed by atoms with Gasteiger partial charge in [-0.2, -0.15) is 5.26 Å². The van der Waals surface area contributed by atoms with Gasteiger partial charge in [0.1, 0.15) is 12.1 Å². The van der Waals surface area contributed by atoms with Gasteiger partial charge in [0.2, 0.25) is 0 Å². The molecular formula is C12H13BrN2O3. The van der Waals surface area contributed by atoms with E-state index in [1.165, 1.54) is 7.11 Å². The molecule has 0 bridgehead atoms. The minimum atomic E-state index is -0.973. The van der Waals surface area contributed by atoms with Crippen molar-refractivity contribution in [2.45, 2.75) is 12.5 Å². The van der Waals surface area contributed by atoms with Crippen molar-refractivity contribution in [1.29, 1.82) is 5.26 Å². The van der Waals surface area contributed by atoms with Crippen molar-refractivity contribution in [1.82, 2.24) is 0 Å². The molecule has 1 unspecified atom stereocenters. The van der Waals surface area contributed by atoms with Crippen LogP contribution in [0, 0.1) is 11.3 Å². The number of halogens is 1. The number of carboxylic acid groups (broad SMARTS) is 1. The fourth-order valence-corrected chi connectivity index (χ4v) is 1.78. The third-order valence-corrected chi connectivity index (χ3v) is 2.83. The first-order chi connectivity index (χ1) is 8.58. The lowest BCUT2D eigenvalue weighted by Gasteiger charge is -2.16. The lowest BCUT2D eigenvalue weighted by atomic mass is 10.1. The third-order valence-electron chi connectivity index (χ3n) is 2.34. The molecule has 0 heterocycles. The van der Waals surface area contributed by atoms with E-state index in [1.807, 2.05) is 6.07 Å². The lowest BCUT2D eigenvalue weighted by molar-refractivity contribution is -0.138. The molecule has 0 radical (unpaired) electrons. The molecule has 1 aromatic carbocycles. The number of rotatable bonds is 6. The highest BCUT2D eigenvalue weighted by Crippen LogP contribution is 2.21. The number of nitrogens with zero attached hydrogens (tertiary/aromatic N) is 1. The average Bonchev–Trinajstić information content (AvgIpc) is 2.35. The summed E-state index contributed by atoms with van der Waals surface area (Å²) in [7, 11) is 1.51. The number of nitriles is 1. The van der Waals surface area contributed by atoms with Crippen LogP contribution < -0.4 is 5.32 Å². The van der Waals surface area contributed by atoms with Crippen LogP contribution in [0.4, 0.5) is 5.69 Å². The fourth-order valence-electron chi connectivity index (χ4n) is 1.42. The Morgan fingerprint density at radius 3 is 2.94 bits per heavy atom. The first-order valence-corrected chi connectivity index (χ1v) is 6.05. The molecule has 0 fully saturated rings. The molecule has 1 atom stereocenters. The molecule has 0 amide bonds. The second kappa shape index (κ2) is 6.99. The van der Waals surface area contributed by atoms with E-state index in [9.17, 15) is 4.79 Å². The molecule has 18 heavy (non-hydrogen) atoms. The molecule has 0 aliphatic carbocycles. The summed E-state index contributed by atoms with van der Waals surface area (Å²) in [5, 5.41) is 20.9. The Labute approximate surface area is 114 Å². The van der Waals surface area contributed by atoms with Crippen molar-refractivity contribution < 1.29 is 14.6 Å². The molecule has 0 spiro atoms. The highest BCUT2D eigenvalue weighted by molar-refractivity contribution is 9.10. The van der Waals surface area contributed by atoms with Crippen molar-refractivity contribution in [3.63, 3.8) is 0 Å². The van der Waals surface area contributed by atoms with Crippen molar-refractivity contribution in [3.05, 3.63) is 28.2 Å². The van der Waals surface area contributed by atoms with Crippen LogP contribution in [-0.2, 0) is 9.53 Å². The molecule has 1 rings (SSSR count). The van der Waals surface area contributed by atoms with E-state index in [2.05, 4.69) is 21.2 Å². The maximum absolute atomic E-state index is 11.1. The van der Waals surface area contributed by atoms with E-state index in [1.54, 1.807) is 18.2 Å². The quantitative estimate of drug-likeness (QED) is 0.841. The maximum atomic E-state index is 11.1. The number of benzene rings is 1. The molecule has 0 aromatic heterocycles. The fraction of sp³-hybridized carbons (Fsp3) is 0.333. The van der Waals surface area contributed by atoms with Crippen molar-refractivity contribution >= 4 is 27.6 Å². The predicted molar refractivity (Wildman–Crippen MR) is 70.4 cm³/mol. The Morgan fingerprint density at radius 1 is 1.67 bits per heavy atom. The Hall–Kier alpha value is -1.58. The summed E-state index contributed by atoms with van der Waals surface area (Å²) in [5.41, 5.74) is 0.900. The zero-order valence-corrected chi connectivity index (χ0v) is 11.4. The van der Waals surface area contributed by atoms with Crippen LogP contribution in [0.1, 0.15) is 12.0 Å². The zero-order chi connectivity index (χ0) is 13.5. The van der Waals surface area contributed by atoms with Crippen LogP contribution in [0.15, 0.2) is 22.7 Å². The molecule has 6 heteroatoms. The lowest BCUT2D eigenvalue weighted by Crippen LogP contribution is -2.30. The standard InChI is InChI=1S/C12H13BrN2O3/c1-18-5-4-11(12(16)17)15-10-3-2-9(13)6-8(10)7-14/h2-3,6,11,15H,4-5H2,1H3,(H,16,17). The molecule has 0 saturated carbocycles. The third kappa shape index (κ3) is 4.02. The Morgan fingerprint density at radius 2 is 2.39 bits per heavy atom. The van der Waals surface area contributed by atoms with E-state index < -0.39 is 12.0 Å². The van der Waals surface area contributed by atoms with Gasteiger partial charge in [-0.05, 0) is 18.2 Å². The number of methoxy groups -OCH3 is 1. The number of nitrogens with one attached hydrogen (secondary N) is 1. The minimum absolute atomic E-state index is 0.326. The summed E-state index contributed by atoms with van der Waals surface area (Å²) < 4.78 is 5.63. The van der Waals surface area contributed by atoms with Crippen molar-refractivity contribution in [2.24, 2.45) is 0 Å². The van der Waals surface area contributed by atoms with E-state index in [0.29, 0.717) is 24.3 Å². The Kier molecular flexibility index (Phi) is 5.62. The van der Waals surface area contributed by atoms with Gasteiger partial charge in [0, 0.05) is 24.6 Å². The van der Waals surface area contributed by atoms with Gasteiger partial charge in [-0.1, -0.05) is 15.9 Å². The smallest absolute Gasteiger partial charge is 0.326 e. The van der Waals surface area contributed by atoms with Crippen LogP contribution in [0.2, 0.25) is 0 Å². The van der Waals surface area contributed by atoms with E-state index in [-0.39, 0.29) is 0 Å². The molecule has 0 saturated heterocycles. The highest BCUT2D eigenvalue weighted by atomic mass is 79.9. The number of carboxylic acids is 1. The van der Waals surface area contributed by atoms with E-state index in [4.69, 9.17) is 15.1 Å². The molecule has 96 valence electrons. The number of ether oxygens (including phenoxy) is 1. The topological polar surface area (TPSA) is 82.3 Å². The average molecular weight is 313 g/mol. The summed E-state index contributed by atoms with van der Waals surface area (Å²) in [5.74, 6) is -0.973. The number of anilines is 1. The largest absolute Gasteiger partial charge is 0.480 e. The second-order valence-electron chi connectivity index (χ2n) is 3.62. The summed E-state index contributed by atoms with van der Waals surface area (Å²) >= 11 is 3.26. The van der Waals surface area contributed by atoms with Crippen LogP contribution in [0.25, 0.3) is 0 Å². The molecule has 1 aromatic rings. The van der Waals surface area contributed by atoms with Gasteiger partial charge in [0.15, 0.2) is 0 Å². The van der Waals surface area contributed by atoms with Gasteiger partial charge in [-0.3, -0.25) is 0 Å². The van der Waals surface area contributed by atoms with Crippen molar-refractivity contribution in [2.75, 3.05) is 19.0 Å². The van der Waals surface area contributed by atoms with Gasteiger partial charge in [0.25, 0.3) is 0 Å². The summed E-state index contributed by atoms with van der Waals surface area (Å²) in [6.07, 6.45) is 0.326. The van der Waals surface area contributed by atoms with Gasteiger partial charge >= 0.3 is 5.97 Å². The Bertz CT molecular complexity index is 471. The molecule has 2 N–H and O–H groups in total. The second-order valence-corrected chi connectivity index (χ2v) is 4.53. The first kappa shape index (κ1) is 14.5. The summed E-state index contributed by atoms with van der Waals surface area (Å²) in [6.45, 7) is 0.336. The van der Waals surface area contributed by atoms with E-state index >= 15 is 0 Å². The Balaban J connectivity index is 2.87. The molecule has 0 aliphatic heterocycles. The monoisotopic (exact) mass is 312 g/mol. The first-order valence-electron chi connectivity index (χ1n) is 5.26. The van der Waals surface area contributed by atoms with Gasteiger partial charge in [-0.15, -0.1) is 0 Å². The van der Waals surface area contributed by atoms with Crippen LogP contribution in [0.3, 0.4) is 0 Å². The van der Waals surface area contributed by atoms with Gasteiger partial charge < -0.3 is 15.2 Å². The number of hydrogen-bond acceptors (Lipinski definition) is 4.